The van der Waals surface area contributed by atoms with Crippen LogP contribution in [0.3, 0.4) is 0 Å². The SMILES string of the molecule is CCC(S)CCC(S)CCO. The zero-order valence-corrected chi connectivity index (χ0v) is 8.82. The molecule has 0 radical (unpaired) electrons. The number of rotatable bonds is 6. The summed E-state index contributed by atoms with van der Waals surface area (Å²) in [5.74, 6) is 0. The van der Waals surface area contributed by atoms with Gasteiger partial charge in [0.05, 0.1) is 0 Å². The molecule has 0 saturated carbocycles. The van der Waals surface area contributed by atoms with E-state index in [4.69, 9.17) is 5.11 Å². The van der Waals surface area contributed by atoms with Gasteiger partial charge in [-0.05, 0) is 25.7 Å². The van der Waals surface area contributed by atoms with Crippen LogP contribution in [0.5, 0.6) is 0 Å². The second kappa shape index (κ2) is 7.32. The van der Waals surface area contributed by atoms with Crippen molar-refractivity contribution in [1.82, 2.24) is 0 Å². The number of aliphatic hydroxyl groups excluding tert-OH is 1. The van der Waals surface area contributed by atoms with Crippen LogP contribution in [-0.2, 0) is 0 Å². The fourth-order valence-electron chi connectivity index (χ4n) is 0.882. The average molecular weight is 194 g/mol. The van der Waals surface area contributed by atoms with E-state index in [1.807, 2.05) is 0 Å². The maximum atomic E-state index is 8.59. The minimum absolute atomic E-state index is 0.248. The maximum Gasteiger partial charge on any atom is 0.0441 e. The third-order valence-electron chi connectivity index (χ3n) is 1.77. The summed E-state index contributed by atoms with van der Waals surface area (Å²) < 4.78 is 0. The molecular weight excluding hydrogens is 176 g/mol. The van der Waals surface area contributed by atoms with E-state index in [9.17, 15) is 0 Å². The molecule has 3 heteroatoms. The van der Waals surface area contributed by atoms with Crippen molar-refractivity contribution in [2.75, 3.05) is 6.61 Å². The molecule has 0 aliphatic carbocycles. The van der Waals surface area contributed by atoms with Gasteiger partial charge in [0, 0.05) is 17.1 Å². The van der Waals surface area contributed by atoms with Crippen LogP contribution in [-0.4, -0.2) is 22.2 Å². The topological polar surface area (TPSA) is 20.2 Å². The Kier molecular flexibility index (Phi) is 7.76. The van der Waals surface area contributed by atoms with Crippen LogP contribution in [0.1, 0.15) is 32.6 Å². The van der Waals surface area contributed by atoms with Crippen molar-refractivity contribution >= 4 is 25.3 Å². The second-order valence-corrected chi connectivity index (χ2v) is 4.27. The minimum Gasteiger partial charge on any atom is -0.396 e. The Balaban J connectivity index is 3.22. The molecule has 0 spiro atoms. The van der Waals surface area contributed by atoms with Gasteiger partial charge in [0.1, 0.15) is 0 Å². The first-order chi connectivity index (χ1) is 5.20. The first-order valence-corrected chi connectivity index (χ1v) is 5.21. The van der Waals surface area contributed by atoms with Gasteiger partial charge in [-0.15, -0.1) is 0 Å². The lowest BCUT2D eigenvalue weighted by Crippen LogP contribution is -2.05. The minimum atomic E-state index is 0.248. The largest absolute Gasteiger partial charge is 0.396 e. The van der Waals surface area contributed by atoms with Crippen LogP contribution in [0.25, 0.3) is 0 Å². The summed E-state index contributed by atoms with van der Waals surface area (Å²) in [5, 5.41) is 9.44. The molecule has 0 fully saturated rings. The molecule has 68 valence electrons. The summed E-state index contributed by atoms with van der Waals surface area (Å²) in [4.78, 5) is 0. The Morgan fingerprint density at radius 1 is 1.09 bits per heavy atom. The summed E-state index contributed by atoms with van der Waals surface area (Å²) >= 11 is 8.71. The quantitative estimate of drug-likeness (QED) is 0.554. The summed E-state index contributed by atoms with van der Waals surface area (Å²) in [5.41, 5.74) is 0. The van der Waals surface area contributed by atoms with Gasteiger partial charge in [0.2, 0.25) is 0 Å². The van der Waals surface area contributed by atoms with Crippen LogP contribution in [0.15, 0.2) is 0 Å². The monoisotopic (exact) mass is 194 g/mol. The van der Waals surface area contributed by atoms with E-state index in [1.54, 1.807) is 0 Å². The molecule has 0 rings (SSSR count). The maximum absolute atomic E-state index is 8.59. The Hall–Kier alpha value is 0.660. The number of thiol groups is 2. The van der Waals surface area contributed by atoms with Crippen LogP contribution >= 0.6 is 25.3 Å². The van der Waals surface area contributed by atoms with Crippen molar-refractivity contribution in [3.05, 3.63) is 0 Å². The van der Waals surface area contributed by atoms with Crippen LogP contribution < -0.4 is 0 Å². The smallest absolute Gasteiger partial charge is 0.0441 e. The molecule has 0 heterocycles. The molecule has 0 saturated heterocycles. The van der Waals surface area contributed by atoms with Gasteiger partial charge in [-0.2, -0.15) is 25.3 Å². The molecule has 0 aliphatic heterocycles. The summed E-state index contributed by atoms with van der Waals surface area (Å²) in [7, 11) is 0. The summed E-state index contributed by atoms with van der Waals surface area (Å²) in [6.45, 7) is 2.38. The Morgan fingerprint density at radius 3 is 2.09 bits per heavy atom. The van der Waals surface area contributed by atoms with E-state index in [-0.39, 0.29) is 6.61 Å². The van der Waals surface area contributed by atoms with Gasteiger partial charge >= 0.3 is 0 Å². The fraction of sp³-hybridized carbons (Fsp3) is 1.00. The van der Waals surface area contributed by atoms with Crippen LogP contribution in [0.4, 0.5) is 0 Å². The molecule has 1 nitrogen and oxygen atoms in total. The highest BCUT2D eigenvalue weighted by Gasteiger charge is 2.05. The fourth-order valence-corrected chi connectivity index (χ4v) is 1.30. The molecule has 2 unspecified atom stereocenters. The van der Waals surface area contributed by atoms with Crippen molar-refractivity contribution in [3.8, 4) is 0 Å². The molecule has 0 aromatic rings. The highest BCUT2D eigenvalue weighted by molar-refractivity contribution is 7.81. The average Bonchev–Trinajstić information content (AvgIpc) is 2.01. The first kappa shape index (κ1) is 11.7. The van der Waals surface area contributed by atoms with Gasteiger partial charge in [0.25, 0.3) is 0 Å². The molecule has 0 aliphatic rings. The Morgan fingerprint density at radius 2 is 1.64 bits per heavy atom. The standard InChI is InChI=1S/C8H18OS2/c1-2-7(10)3-4-8(11)5-6-9/h7-11H,2-6H2,1H3. The molecule has 0 amide bonds. The molecule has 11 heavy (non-hydrogen) atoms. The van der Waals surface area contributed by atoms with Crippen molar-refractivity contribution < 1.29 is 5.11 Å². The normalized spacial score (nSPS) is 16.4. The molecule has 1 N–H and O–H groups in total. The predicted octanol–water partition coefficient (Wildman–Crippen LogP) is 2.16. The molecular formula is C8H18OS2. The highest BCUT2D eigenvalue weighted by Crippen LogP contribution is 2.15. The zero-order valence-electron chi connectivity index (χ0n) is 7.03. The third kappa shape index (κ3) is 7.04. The molecule has 0 aromatic carbocycles. The van der Waals surface area contributed by atoms with Crippen LogP contribution in [0, 0.1) is 0 Å². The van der Waals surface area contributed by atoms with E-state index in [0.29, 0.717) is 10.5 Å². The second-order valence-electron chi connectivity index (χ2n) is 2.81. The Bertz CT molecular complexity index is 88.2. The van der Waals surface area contributed by atoms with Gasteiger partial charge in [0.15, 0.2) is 0 Å². The van der Waals surface area contributed by atoms with E-state index in [1.165, 1.54) is 0 Å². The number of hydrogen-bond donors (Lipinski definition) is 3. The van der Waals surface area contributed by atoms with Gasteiger partial charge in [-0.1, -0.05) is 6.92 Å². The Labute approximate surface area is 80.4 Å². The molecule has 2 atom stereocenters. The third-order valence-corrected chi connectivity index (χ3v) is 2.91. The molecule has 0 bridgehead atoms. The van der Waals surface area contributed by atoms with Crippen molar-refractivity contribution in [2.45, 2.75) is 43.1 Å². The van der Waals surface area contributed by atoms with Crippen molar-refractivity contribution in [2.24, 2.45) is 0 Å². The summed E-state index contributed by atoms with van der Waals surface area (Å²) in [6, 6.07) is 0. The predicted molar refractivity (Wildman–Crippen MR) is 56.8 cm³/mol. The van der Waals surface area contributed by atoms with E-state index < -0.39 is 0 Å². The van der Waals surface area contributed by atoms with Crippen molar-refractivity contribution in [1.29, 1.82) is 0 Å². The first-order valence-electron chi connectivity index (χ1n) is 4.17. The number of aliphatic hydroxyl groups is 1. The van der Waals surface area contributed by atoms with Gasteiger partial charge in [-0.3, -0.25) is 0 Å². The van der Waals surface area contributed by atoms with Crippen LogP contribution in [0.2, 0.25) is 0 Å². The zero-order chi connectivity index (χ0) is 8.69. The van der Waals surface area contributed by atoms with Gasteiger partial charge < -0.3 is 5.11 Å². The lowest BCUT2D eigenvalue weighted by molar-refractivity contribution is 0.285. The van der Waals surface area contributed by atoms with E-state index >= 15 is 0 Å². The highest BCUT2D eigenvalue weighted by atomic mass is 32.1. The van der Waals surface area contributed by atoms with E-state index in [2.05, 4.69) is 32.2 Å². The van der Waals surface area contributed by atoms with E-state index in [0.717, 1.165) is 25.7 Å². The summed E-state index contributed by atoms with van der Waals surface area (Å²) in [6.07, 6.45) is 4.08. The lowest BCUT2D eigenvalue weighted by Gasteiger charge is -2.11. The van der Waals surface area contributed by atoms with Crippen molar-refractivity contribution in [3.63, 3.8) is 0 Å². The molecule has 0 aromatic heterocycles. The lowest BCUT2D eigenvalue weighted by atomic mass is 10.1. The number of hydrogen-bond acceptors (Lipinski definition) is 3. The van der Waals surface area contributed by atoms with Gasteiger partial charge in [-0.25, -0.2) is 0 Å².